The average molecular weight is 430 g/mol. The molecule has 0 atom stereocenters. The zero-order valence-corrected chi connectivity index (χ0v) is 16.1. The number of carbonyl (C=O) groups is 1. The molecule has 1 saturated carbocycles. The number of nitrogens with zero attached hydrogens (tertiary/aromatic N) is 4. The molecule has 1 aliphatic carbocycles. The minimum Gasteiger partial charge on any atom is -0.308 e. The maximum absolute atomic E-state index is 12.8. The summed E-state index contributed by atoms with van der Waals surface area (Å²) in [5.41, 5.74) is 0.255. The van der Waals surface area contributed by atoms with Gasteiger partial charge in [0.1, 0.15) is 6.54 Å². The summed E-state index contributed by atoms with van der Waals surface area (Å²) in [7, 11) is 1.49. The van der Waals surface area contributed by atoms with Crippen LogP contribution in [-0.2, 0) is 18.4 Å². The van der Waals surface area contributed by atoms with E-state index in [1.807, 2.05) is 6.07 Å². The molecule has 1 aliphatic rings. The van der Waals surface area contributed by atoms with E-state index >= 15 is 0 Å². The van der Waals surface area contributed by atoms with Crippen LogP contribution in [0.1, 0.15) is 24.5 Å². The molecule has 8 nitrogen and oxygen atoms in total. The standard InChI is InChI=1S/C18H16BrN5O3/c1-23-16(26)7-6-14(21-23)20-15(25)9-24-18(27)12-5-4-11(19)8-13(12)17(22-24)10-2-3-10/h4-8,10H,2-3,9H2,1H3,(H,20,21,25). The first kappa shape index (κ1) is 17.6. The fourth-order valence-electron chi connectivity index (χ4n) is 2.94. The molecule has 0 spiro atoms. The van der Waals surface area contributed by atoms with E-state index in [1.165, 1.54) is 23.9 Å². The van der Waals surface area contributed by atoms with Crippen molar-refractivity contribution in [3.8, 4) is 0 Å². The number of amides is 1. The Morgan fingerprint density at radius 2 is 1.96 bits per heavy atom. The molecule has 0 radical (unpaired) electrons. The molecule has 0 bridgehead atoms. The molecule has 1 fully saturated rings. The van der Waals surface area contributed by atoms with Gasteiger partial charge in [-0.2, -0.15) is 10.2 Å². The van der Waals surface area contributed by atoms with Gasteiger partial charge >= 0.3 is 0 Å². The highest BCUT2D eigenvalue weighted by Crippen LogP contribution is 2.41. The Balaban J connectivity index is 1.67. The first-order valence-electron chi connectivity index (χ1n) is 8.47. The molecule has 9 heteroatoms. The summed E-state index contributed by atoms with van der Waals surface area (Å²) < 4.78 is 3.20. The minimum atomic E-state index is -0.436. The minimum absolute atomic E-state index is 0.227. The second-order valence-electron chi connectivity index (χ2n) is 6.54. The zero-order valence-electron chi connectivity index (χ0n) is 14.5. The van der Waals surface area contributed by atoms with Crippen molar-refractivity contribution in [3.63, 3.8) is 0 Å². The number of aromatic nitrogens is 4. The van der Waals surface area contributed by atoms with Gasteiger partial charge in [-0.3, -0.25) is 14.4 Å². The predicted octanol–water partition coefficient (Wildman–Crippen LogP) is 1.77. The van der Waals surface area contributed by atoms with Gasteiger partial charge in [0, 0.05) is 28.9 Å². The normalized spacial score (nSPS) is 13.7. The number of halogens is 1. The fraction of sp³-hybridized carbons (Fsp3) is 0.278. The van der Waals surface area contributed by atoms with Crippen LogP contribution >= 0.6 is 15.9 Å². The fourth-order valence-corrected chi connectivity index (χ4v) is 3.30. The highest BCUT2D eigenvalue weighted by molar-refractivity contribution is 9.10. The van der Waals surface area contributed by atoms with Crippen molar-refractivity contribution in [2.24, 2.45) is 7.05 Å². The molecular weight excluding hydrogens is 414 g/mol. The average Bonchev–Trinajstić information content (AvgIpc) is 3.45. The number of hydrogen-bond acceptors (Lipinski definition) is 5. The number of carbonyl (C=O) groups excluding carboxylic acids is 1. The van der Waals surface area contributed by atoms with E-state index in [2.05, 4.69) is 31.4 Å². The summed E-state index contributed by atoms with van der Waals surface area (Å²) in [6.45, 7) is -0.227. The quantitative estimate of drug-likeness (QED) is 0.681. The largest absolute Gasteiger partial charge is 0.308 e. The Hall–Kier alpha value is -2.81. The van der Waals surface area contributed by atoms with Crippen molar-refractivity contribution in [2.75, 3.05) is 5.32 Å². The van der Waals surface area contributed by atoms with E-state index in [9.17, 15) is 14.4 Å². The summed E-state index contributed by atoms with van der Waals surface area (Å²) in [4.78, 5) is 36.5. The van der Waals surface area contributed by atoms with E-state index in [-0.39, 0.29) is 23.5 Å². The van der Waals surface area contributed by atoms with Gasteiger partial charge in [-0.05, 0) is 37.1 Å². The number of fused-ring (bicyclic) bond motifs is 1. The van der Waals surface area contributed by atoms with Gasteiger partial charge in [-0.15, -0.1) is 0 Å². The third-order valence-electron chi connectivity index (χ3n) is 4.44. The van der Waals surface area contributed by atoms with Crippen LogP contribution in [0, 0.1) is 0 Å². The Bertz CT molecular complexity index is 1180. The molecular formula is C18H16BrN5O3. The van der Waals surface area contributed by atoms with Crippen molar-refractivity contribution < 1.29 is 4.79 Å². The van der Waals surface area contributed by atoms with E-state index in [0.29, 0.717) is 11.3 Å². The lowest BCUT2D eigenvalue weighted by atomic mass is 10.1. The molecule has 1 N–H and O–H groups in total. The van der Waals surface area contributed by atoms with Crippen LogP contribution in [0.15, 0.2) is 44.4 Å². The second kappa shape index (κ2) is 6.73. The van der Waals surface area contributed by atoms with Gasteiger partial charge in [0.2, 0.25) is 5.91 Å². The van der Waals surface area contributed by atoms with Crippen molar-refractivity contribution >= 4 is 38.4 Å². The van der Waals surface area contributed by atoms with Crippen LogP contribution < -0.4 is 16.4 Å². The zero-order chi connectivity index (χ0) is 19.1. The van der Waals surface area contributed by atoms with Crippen LogP contribution in [-0.4, -0.2) is 25.5 Å². The maximum atomic E-state index is 12.8. The monoisotopic (exact) mass is 429 g/mol. The van der Waals surface area contributed by atoms with Gasteiger partial charge in [-0.25, -0.2) is 9.36 Å². The molecule has 0 unspecified atom stereocenters. The first-order valence-corrected chi connectivity index (χ1v) is 9.26. The molecule has 138 valence electrons. The Kier molecular flexibility index (Phi) is 4.39. The number of rotatable bonds is 4. The molecule has 1 aromatic carbocycles. The van der Waals surface area contributed by atoms with Crippen LogP contribution in [0.5, 0.6) is 0 Å². The lowest BCUT2D eigenvalue weighted by Gasteiger charge is -2.11. The molecule has 2 heterocycles. The summed E-state index contributed by atoms with van der Waals surface area (Å²) in [5.74, 6) is 0.123. The number of anilines is 1. The smallest absolute Gasteiger partial charge is 0.275 e. The molecule has 0 aliphatic heterocycles. The number of nitrogens with one attached hydrogen (secondary N) is 1. The highest BCUT2D eigenvalue weighted by Gasteiger charge is 2.29. The summed E-state index contributed by atoms with van der Waals surface area (Å²) in [6, 6.07) is 8.18. The summed E-state index contributed by atoms with van der Waals surface area (Å²) >= 11 is 3.44. The number of benzene rings is 1. The van der Waals surface area contributed by atoms with Crippen LogP contribution in [0.3, 0.4) is 0 Å². The Labute approximate surface area is 161 Å². The van der Waals surface area contributed by atoms with Gasteiger partial charge in [0.05, 0.1) is 11.1 Å². The van der Waals surface area contributed by atoms with Crippen LogP contribution in [0.2, 0.25) is 0 Å². The van der Waals surface area contributed by atoms with E-state index in [4.69, 9.17) is 0 Å². The van der Waals surface area contributed by atoms with E-state index in [1.54, 1.807) is 12.1 Å². The van der Waals surface area contributed by atoms with Crippen molar-refractivity contribution in [1.82, 2.24) is 19.6 Å². The topological polar surface area (TPSA) is 98.9 Å². The van der Waals surface area contributed by atoms with Crippen LogP contribution in [0.4, 0.5) is 5.82 Å². The third kappa shape index (κ3) is 3.55. The van der Waals surface area contributed by atoms with Gasteiger partial charge in [-0.1, -0.05) is 15.9 Å². The lowest BCUT2D eigenvalue weighted by Crippen LogP contribution is -2.31. The molecule has 2 aromatic heterocycles. The molecule has 4 rings (SSSR count). The molecule has 27 heavy (non-hydrogen) atoms. The maximum Gasteiger partial charge on any atom is 0.275 e. The predicted molar refractivity (Wildman–Crippen MR) is 104 cm³/mol. The number of aryl methyl sites for hydroxylation is 1. The van der Waals surface area contributed by atoms with Crippen molar-refractivity contribution in [1.29, 1.82) is 0 Å². The summed E-state index contributed by atoms with van der Waals surface area (Å²) in [6.07, 6.45) is 2.06. The highest BCUT2D eigenvalue weighted by atomic mass is 79.9. The SMILES string of the molecule is Cn1nc(NC(=O)Cn2nc(C3CC3)c3cc(Br)ccc3c2=O)ccc1=O. The molecule has 3 aromatic rings. The number of hydrogen-bond donors (Lipinski definition) is 1. The summed E-state index contributed by atoms with van der Waals surface area (Å²) in [5, 5.41) is 12.4. The second-order valence-corrected chi connectivity index (χ2v) is 7.46. The lowest BCUT2D eigenvalue weighted by molar-refractivity contribution is -0.117. The van der Waals surface area contributed by atoms with Gasteiger partial charge in [0.15, 0.2) is 5.82 Å². The Morgan fingerprint density at radius 1 is 1.19 bits per heavy atom. The van der Waals surface area contributed by atoms with E-state index < -0.39 is 5.91 Å². The van der Waals surface area contributed by atoms with Crippen LogP contribution in [0.25, 0.3) is 10.8 Å². The molecule has 1 amide bonds. The van der Waals surface area contributed by atoms with Crippen molar-refractivity contribution in [2.45, 2.75) is 25.3 Å². The van der Waals surface area contributed by atoms with E-state index in [0.717, 1.165) is 33.1 Å². The van der Waals surface area contributed by atoms with Gasteiger partial charge < -0.3 is 5.32 Å². The Morgan fingerprint density at radius 3 is 2.67 bits per heavy atom. The first-order chi connectivity index (χ1) is 12.9. The van der Waals surface area contributed by atoms with Gasteiger partial charge in [0.25, 0.3) is 11.1 Å². The third-order valence-corrected chi connectivity index (χ3v) is 4.93. The van der Waals surface area contributed by atoms with Crippen molar-refractivity contribution in [3.05, 3.63) is 61.2 Å². The molecule has 0 saturated heterocycles.